The van der Waals surface area contributed by atoms with Gasteiger partial charge in [-0.15, -0.1) is 12.4 Å². The summed E-state index contributed by atoms with van der Waals surface area (Å²) in [6.45, 7) is 5.26. The predicted molar refractivity (Wildman–Crippen MR) is 121 cm³/mol. The molecule has 2 aromatic carbocycles. The van der Waals surface area contributed by atoms with Crippen molar-refractivity contribution < 1.29 is 9.59 Å². The minimum atomic E-state index is -0.230. The molecule has 0 unspecified atom stereocenters. The van der Waals surface area contributed by atoms with Crippen LogP contribution in [0, 0.1) is 0 Å². The number of hydrogen-bond donors (Lipinski definition) is 4. The minimum Gasteiger partial charge on any atom is -0.338 e. The Hall–Kier alpha value is -3.06. The van der Waals surface area contributed by atoms with Crippen molar-refractivity contribution in [1.82, 2.24) is 15.6 Å². The highest BCUT2D eigenvalue weighted by molar-refractivity contribution is 5.98. The number of carbonyl (C=O) groups is 2. The largest absolute Gasteiger partial charge is 0.338 e. The Morgan fingerprint density at radius 2 is 1.21 bits per heavy atom. The zero-order chi connectivity index (χ0) is 19.9. The van der Waals surface area contributed by atoms with E-state index in [0.717, 1.165) is 34.6 Å². The SMILES string of the molecule is CCCNC(=O)Nc1ccc2cc3ccc(NC(=O)NCCC)cc3nc2c1.Cl. The first-order valence-corrected chi connectivity index (χ1v) is 9.53. The number of anilines is 2. The second-order valence-corrected chi connectivity index (χ2v) is 6.57. The first-order valence-electron chi connectivity index (χ1n) is 9.53. The lowest BCUT2D eigenvalue weighted by molar-refractivity contribution is 0.251. The number of fused-ring (bicyclic) bond motifs is 2. The maximum Gasteiger partial charge on any atom is 0.319 e. The first kappa shape index (κ1) is 22.2. The van der Waals surface area contributed by atoms with E-state index in [1.54, 1.807) is 0 Å². The summed E-state index contributed by atoms with van der Waals surface area (Å²) in [5.74, 6) is 0. The van der Waals surface area contributed by atoms with Crippen LogP contribution < -0.4 is 21.3 Å². The molecule has 0 aliphatic heterocycles. The molecule has 0 aliphatic carbocycles. The maximum absolute atomic E-state index is 11.9. The molecule has 3 rings (SSSR count). The van der Waals surface area contributed by atoms with Crippen molar-refractivity contribution in [3.8, 4) is 0 Å². The third-order valence-electron chi connectivity index (χ3n) is 4.20. The molecule has 0 atom stereocenters. The maximum atomic E-state index is 11.9. The van der Waals surface area contributed by atoms with Gasteiger partial charge in [0.05, 0.1) is 11.0 Å². The number of hydrogen-bond acceptors (Lipinski definition) is 3. The van der Waals surface area contributed by atoms with Crippen LogP contribution in [0.25, 0.3) is 21.8 Å². The van der Waals surface area contributed by atoms with Crippen LogP contribution in [0.3, 0.4) is 0 Å². The van der Waals surface area contributed by atoms with E-state index >= 15 is 0 Å². The molecule has 1 heterocycles. The molecular formula is C21H26ClN5O2. The summed E-state index contributed by atoms with van der Waals surface area (Å²) in [4.78, 5) is 28.4. The monoisotopic (exact) mass is 415 g/mol. The number of nitrogens with zero attached hydrogens (tertiary/aromatic N) is 1. The van der Waals surface area contributed by atoms with Gasteiger partial charge < -0.3 is 21.3 Å². The molecule has 0 bridgehead atoms. The molecule has 3 aromatic rings. The number of urea groups is 2. The molecule has 0 spiro atoms. The van der Waals surface area contributed by atoms with Gasteiger partial charge in [0.1, 0.15) is 0 Å². The number of aromatic nitrogens is 1. The van der Waals surface area contributed by atoms with Crippen molar-refractivity contribution in [3.63, 3.8) is 0 Å². The Morgan fingerprint density at radius 3 is 1.62 bits per heavy atom. The molecular weight excluding hydrogens is 390 g/mol. The van der Waals surface area contributed by atoms with Crippen LogP contribution in [0.15, 0.2) is 42.5 Å². The number of rotatable bonds is 6. The van der Waals surface area contributed by atoms with E-state index in [9.17, 15) is 9.59 Å². The van der Waals surface area contributed by atoms with Gasteiger partial charge in [-0.25, -0.2) is 14.6 Å². The summed E-state index contributed by atoms with van der Waals surface area (Å²) in [7, 11) is 0. The Morgan fingerprint density at radius 1 is 0.759 bits per heavy atom. The molecule has 8 heteroatoms. The second-order valence-electron chi connectivity index (χ2n) is 6.57. The lowest BCUT2D eigenvalue weighted by atomic mass is 10.1. The third-order valence-corrected chi connectivity index (χ3v) is 4.20. The normalized spacial score (nSPS) is 10.3. The standard InChI is InChI=1S/C21H25N5O2.ClH/c1-3-9-22-20(27)24-16-7-5-14-11-15-6-8-17(25-21(28)23-10-4-2)13-19(15)26-18(14)12-16;/h5-8,11-13H,3-4,9-10H2,1-2H3,(H2,22,24,27)(H2,23,25,28);1H. The van der Waals surface area contributed by atoms with Crippen LogP contribution in [0.2, 0.25) is 0 Å². The number of nitrogens with one attached hydrogen (secondary N) is 4. The lowest BCUT2D eigenvalue weighted by Crippen LogP contribution is -2.29. The van der Waals surface area contributed by atoms with Crippen molar-refractivity contribution in [2.24, 2.45) is 0 Å². The predicted octanol–water partition coefficient (Wildman–Crippen LogP) is 4.87. The van der Waals surface area contributed by atoms with Gasteiger partial charge in [-0.05, 0) is 43.2 Å². The van der Waals surface area contributed by atoms with Gasteiger partial charge in [0, 0.05) is 35.2 Å². The number of benzene rings is 2. The van der Waals surface area contributed by atoms with E-state index in [1.807, 2.05) is 56.3 Å². The van der Waals surface area contributed by atoms with Crippen LogP contribution >= 0.6 is 12.4 Å². The van der Waals surface area contributed by atoms with Crippen LogP contribution in [0.1, 0.15) is 26.7 Å². The van der Waals surface area contributed by atoms with Gasteiger partial charge in [0.2, 0.25) is 0 Å². The van der Waals surface area contributed by atoms with E-state index in [1.165, 1.54) is 0 Å². The Kier molecular flexibility index (Phi) is 8.03. The number of pyridine rings is 1. The number of carbonyl (C=O) groups excluding carboxylic acids is 2. The Bertz CT molecular complexity index is 932. The highest BCUT2D eigenvalue weighted by Gasteiger charge is 2.06. The van der Waals surface area contributed by atoms with Gasteiger partial charge in [0.25, 0.3) is 0 Å². The van der Waals surface area contributed by atoms with Crippen LogP contribution in [0.5, 0.6) is 0 Å². The van der Waals surface area contributed by atoms with E-state index in [2.05, 4.69) is 21.3 Å². The molecule has 29 heavy (non-hydrogen) atoms. The van der Waals surface area contributed by atoms with E-state index in [0.29, 0.717) is 24.5 Å². The highest BCUT2D eigenvalue weighted by Crippen LogP contribution is 2.24. The van der Waals surface area contributed by atoms with Gasteiger partial charge in [0.15, 0.2) is 0 Å². The molecule has 154 valence electrons. The zero-order valence-electron chi connectivity index (χ0n) is 16.5. The van der Waals surface area contributed by atoms with Crippen LogP contribution in [-0.4, -0.2) is 30.1 Å². The van der Waals surface area contributed by atoms with E-state index in [4.69, 9.17) is 4.98 Å². The van der Waals surface area contributed by atoms with E-state index in [-0.39, 0.29) is 24.5 Å². The quantitative estimate of drug-likeness (QED) is 0.432. The van der Waals surface area contributed by atoms with Crippen molar-refractivity contribution in [2.45, 2.75) is 26.7 Å². The van der Waals surface area contributed by atoms with Crippen LogP contribution in [-0.2, 0) is 0 Å². The third kappa shape index (κ3) is 5.96. The van der Waals surface area contributed by atoms with Gasteiger partial charge >= 0.3 is 12.1 Å². The molecule has 0 radical (unpaired) electrons. The minimum absolute atomic E-state index is 0. The second kappa shape index (κ2) is 10.5. The fourth-order valence-electron chi connectivity index (χ4n) is 2.81. The average Bonchev–Trinajstić information content (AvgIpc) is 2.69. The van der Waals surface area contributed by atoms with Crippen molar-refractivity contribution >= 4 is 57.6 Å². The fraction of sp³-hybridized carbons (Fsp3) is 0.286. The fourth-order valence-corrected chi connectivity index (χ4v) is 2.81. The van der Waals surface area contributed by atoms with E-state index < -0.39 is 0 Å². The molecule has 7 nitrogen and oxygen atoms in total. The topological polar surface area (TPSA) is 95.2 Å². The molecule has 0 fully saturated rings. The molecule has 0 saturated carbocycles. The summed E-state index contributed by atoms with van der Waals surface area (Å²) in [6, 6.07) is 12.8. The van der Waals surface area contributed by atoms with Crippen molar-refractivity contribution in [3.05, 3.63) is 42.5 Å². The van der Waals surface area contributed by atoms with Gasteiger partial charge in [-0.3, -0.25) is 0 Å². The summed E-state index contributed by atoms with van der Waals surface area (Å²) >= 11 is 0. The average molecular weight is 416 g/mol. The molecule has 1 aromatic heterocycles. The lowest BCUT2D eigenvalue weighted by Gasteiger charge is -2.10. The number of halogens is 1. The Balaban J connectivity index is 0.00000300. The summed E-state index contributed by atoms with van der Waals surface area (Å²) in [5.41, 5.74) is 2.91. The van der Waals surface area contributed by atoms with Gasteiger partial charge in [-0.1, -0.05) is 26.0 Å². The molecule has 0 saturated heterocycles. The Labute approximate surface area is 176 Å². The van der Waals surface area contributed by atoms with Crippen molar-refractivity contribution in [2.75, 3.05) is 23.7 Å². The van der Waals surface area contributed by atoms with Gasteiger partial charge in [-0.2, -0.15) is 0 Å². The molecule has 4 N–H and O–H groups in total. The summed E-state index contributed by atoms with van der Waals surface area (Å²) < 4.78 is 0. The van der Waals surface area contributed by atoms with Crippen LogP contribution in [0.4, 0.5) is 21.0 Å². The molecule has 0 aliphatic rings. The highest BCUT2D eigenvalue weighted by atomic mass is 35.5. The summed E-state index contributed by atoms with van der Waals surface area (Å²) in [6.07, 6.45) is 1.76. The molecule has 4 amide bonds. The summed E-state index contributed by atoms with van der Waals surface area (Å²) in [5, 5.41) is 13.2. The first-order chi connectivity index (χ1) is 13.6. The van der Waals surface area contributed by atoms with Crippen molar-refractivity contribution in [1.29, 1.82) is 0 Å². The smallest absolute Gasteiger partial charge is 0.319 e. The zero-order valence-corrected chi connectivity index (χ0v) is 17.4. The number of amides is 4.